The van der Waals surface area contributed by atoms with Crippen molar-refractivity contribution in [3.05, 3.63) is 29.8 Å². The summed E-state index contributed by atoms with van der Waals surface area (Å²) in [5.41, 5.74) is 1.17. The van der Waals surface area contributed by atoms with E-state index in [1.165, 1.54) is 5.56 Å². The lowest BCUT2D eigenvalue weighted by molar-refractivity contribution is 0.411. The summed E-state index contributed by atoms with van der Waals surface area (Å²) in [7, 11) is 1.67. The number of rotatable bonds is 2. The van der Waals surface area contributed by atoms with Crippen LogP contribution in [0.1, 0.15) is 18.0 Å². The second-order valence-corrected chi connectivity index (χ2v) is 3.95. The van der Waals surface area contributed by atoms with Crippen molar-refractivity contribution in [3.8, 4) is 5.75 Å². The zero-order valence-electron chi connectivity index (χ0n) is 9.50. The van der Waals surface area contributed by atoms with E-state index in [1.54, 1.807) is 7.11 Å². The molecule has 2 aromatic rings. The Balaban J connectivity index is 2.00. The number of hydrogen-bond donors (Lipinski definition) is 1. The lowest BCUT2D eigenvalue weighted by Crippen LogP contribution is -2.24. The van der Waals surface area contributed by atoms with Crippen molar-refractivity contribution < 1.29 is 4.74 Å². The number of anilines is 1. The third-order valence-electron chi connectivity index (χ3n) is 2.97. The summed E-state index contributed by atoms with van der Waals surface area (Å²) in [5.74, 6) is 1.58. The molecule has 1 aromatic carbocycles. The number of benzene rings is 1. The molecule has 0 amide bonds. The smallest absolute Gasteiger partial charge is 0.243 e. The van der Waals surface area contributed by atoms with Gasteiger partial charge in [-0.25, -0.2) is 4.68 Å². The molecule has 0 fully saturated rings. The van der Waals surface area contributed by atoms with E-state index in [4.69, 9.17) is 4.74 Å². The minimum absolute atomic E-state index is 0.177. The maximum atomic E-state index is 5.24. The highest BCUT2D eigenvalue weighted by Crippen LogP contribution is 2.28. The van der Waals surface area contributed by atoms with Gasteiger partial charge in [-0.1, -0.05) is 17.2 Å². The van der Waals surface area contributed by atoms with Gasteiger partial charge in [-0.15, -0.1) is 0 Å². The number of hydrogen-bond acceptors (Lipinski definition) is 5. The van der Waals surface area contributed by atoms with Crippen LogP contribution in [0.15, 0.2) is 24.3 Å². The number of nitrogens with zero attached hydrogens (tertiary/aromatic N) is 4. The van der Waals surface area contributed by atoms with Gasteiger partial charge in [0.15, 0.2) is 0 Å². The Morgan fingerprint density at radius 2 is 2.41 bits per heavy atom. The van der Waals surface area contributed by atoms with Crippen molar-refractivity contribution in [1.29, 1.82) is 0 Å². The molecule has 3 rings (SSSR count). The van der Waals surface area contributed by atoms with E-state index in [1.807, 2.05) is 22.9 Å². The molecular formula is C11H13N5O. The van der Waals surface area contributed by atoms with E-state index in [0.29, 0.717) is 0 Å². The number of fused-ring (bicyclic) bond motifs is 1. The maximum absolute atomic E-state index is 5.24. The van der Waals surface area contributed by atoms with Gasteiger partial charge >= 0.3 is 0 Å². The quantitative estimate of drug-likeness (QED) is 0.838. The van der Waals surface area contributed by atoms with Crippen LogP contribution >= 0.6 is 0 Å². The SMILES string of the molecule is COc1cccc(C2CCNc3nnnn32)c1. The van der Waals surface area contributed by atoms with Crippen molar-refractivity contribution in [1.82, 2.24) is 20.2 Å². The Morgan fingerprint density at radius 1 is 1.47 bits per heavy atom. The average Bonchev–Trinajstić information content (AvgIpc) is 2.87. The lowest BCUT2D eigenvalue weighted by Gasteiger charge is -2.23. The summed E-state index contributed by atoms with van der Waals surface area (Å²) in [6.45, 7) is 0.877. The third kappa shape index (κ3) is 1.71. The van der Waals surface area contributed by atoms with Crippen molar-refractivity contribution in [2.75, 3.05) is 19.0 Å². The Bertz CT molecular complexity index is 524. The molecule has 1 aliphatic heterocycles. The molecule has 6 nitrogen and oxygen atoms in total. The highest BCUT2D eigenvalue weighted by atomic mass is 16.5. The molecule has 1 aromatic heterocycles. The fraction of sp³-hybridized carbons (Fsp3) is 0.364. The molecule has 1 unspecified atom stereocenters. The molecule has 1 atom stereocenters. The first-order valence-electron chi connectivity index (χ1n) is 5.54. The van der Waals surface area contributed by atoms with Crippen LogP contribution in [0.25, 0.3) is 0 Å². The Labute approximate surface area is 98.6 Å². The maximum Gasteiger partial charge on any atom is 0.243 e. The fourth-order valence-corrected chi connectivity index (χ4v) is 2.12. The molecule has 0 saturated heterocycles. The Kier molecular flexibility index (Phi) is 2.40. The van der Waals surface area contributed by atoms with Crippen LogP contribution in [0.2, 0.25) is 0 Å². The first-order valence-corrected chi connectivity index (χ1v) is 5.54. The van der Waals surface area contributed by atoms with Crippen molar-refractivity contribution in [3.63, 3.8) is 0 Å². The zero-order chi connectivity index (χ0) is 11.7. The number of methoxy groups -OCH3 is 1. The molecule has 1 N–H and O–H groups in total. The minimum Gasteiger partial charge on any atom is -0.497 e. The lowest BCUT2D eigenvalue weighted by atomic mass is 10.0. The van der Waals surface area contributed by atoms with E-state index < -0.39 is 0 Å². The summed E-state index contributed by atoms with van der Waals surface area (Å²) >= 11 is 0. The normalized spacial score (nSPS) is 18.3. The highest BCUT2D eigenvalue weighted by Gasteiger charge is 2.23. The van der Waals surface area contributed by atoms with Gasteiger partial charge in [0.25, 0.3) is 0 Å². The summed E-state index contributed by atoms with van der Waals surface area (Å²) in [4.78, 5) is 0. The Hall–Kier alpha value is -2.11. The molecule has 6 heteroatoms. The standard InChI is InChI=1S/C11H13N5O/c1-17-9-4-2-3-8(7-9)10-5-6-12-11-13-14-15-16(10)11/h2-4,7,10H,5-6H2,1H3,(H,12,13,15). The van der Waals surface area contributed by atoms with Gasteiger partial charge in [0.05, 0.1) is 13.2 Å². The summed E-state index contributed by atoms with van der Waals surface area (Å²) in [5, 5.41) is 14.8. The largest absolute Gasteiger partial charge is 0.497 e. The van der Waals surface area contributed by atoms with Crippen LogP contribution < -0.4 is 10.1 Å². The first kappa shape index (κ1) is 10.1. The second kappa shape index (κ2) is 4.04. The van der Waals surface area contributed by atoms with Gasteiger partial charge in [-0.2, -0.15) is 0 Å². The average molecular weight is 231 g/mol. The number of aromatic nitrogens is 4. The van der Waals surface area contributed by atoms with Crippen molar-refractivity contribution >= 4 is 5.95 Å². The molecular weight excluding hydrogens is 218 g/mol. The number of ether oxygens (including phenoxy) is 1. The topological polar surface area (TPSA) is 64.9 Å². The predicted molar refractivity (Wildman–Crippen MR) is 62.1 cm³/mol. The zero-order valence-corrected chi connectivity index (χ0v) is 9.50. The monoisotopic (exact) mass is 231 g/mol. The molecule has 0 radical (unpaired) electrons. The highest BCUT2D eigenvalue weighted by molar-refractivity contribution is 5.34. The van der Waals surface area contributed by atoms with Crippen LogP contribution in [0.5, 0.6) is 5.75 Å². The Morgan fingerprint density at radius 3 is 3.29 bits per heavy atom. The third-order valence-corrected chi connectivity index (χ3v) is 2.97. The first-order chi connectivity index (χ1) is 8.38. The molecule has 0 spiro atoms. The van der Waals surface area contributed by atoms with E-state index in [2.05, 4.69) is 26.9 Å². The fourth-order valence-electron chi connectivity index (χ4n) is 2.12. The molecule has 0 aliphatic carbocycles. The van der Waals surface area contributed by atoms with E-state index in [9.17, 15) is 0 Å². The van der Waals surface area contributed by atoms with Gasteiger partial charge in [0, 0.05) is 6.54 Å². The van der Waals surface area contributed by atoms with Crippen LogP contribution in [0.3, 0.4) is 0 Å². The molecule has 88 valence electrons. The molecule has 0 saturated carbocycles. The second-order valence-electron chi connectivity index (χ2n) is 3.95. The predicted octanol–water partition coefficient (Wildman–Crippen LogP) is 1.09. The molecule has 1 aliphatic rings. The summed E-state index contributed by atoms with van der Waals surface area (Å²) < 4.78 is 7.06. The van der Waals surface area contributed by atoms with Gasteiger partial charge in [0.2, 0.25) is 5.95 Å². The van der Waals surface area contributed by atoms with Gasteiger partial charge < -0.3 is 10.1 Å². The van der Waals surface area contributed by atoms with E-state index in [0.717, 1.165) is 24.7 Å². The van der Waals surface area contributed by atoms with Gasteiger partial charge in [-0.05, 0) is 34.5 Å². The summed E-state index contributed by atoms with van der Waals surface area (Å²) in [6, 6.07) is 8.20. The van der Waals surface area contributed by atoms with Crippen LogP contribution in [0.4, 0.5) is 5.95 Å². The van der Waals surface area contributed by atoms with Crippen molar-refractivity contribution in [2.45, 2.75) is 12.5 Å². The summed E-state index contributed by atoms with van der Waals surface area (Å²) in [6.07, 6.45) is 0.963. The number of nitrogens with one attached hydrogen (secondary N) is 1. The van der Waals surface area contributed by atoms with E-state index in [-0.39, 0.29) is 6.04 Å². The van der Waals surface area contributed by atoms with Crippen molar-refractivity contribution in [2.24, 2.45) is 0 Å². The molecule has 17 heavy (non-hydrogen) atoms. The van der Waals surface area contributed by atoms with Gasteiger partial charge in [-0.3, -0.25) is 0 Å². The van der Waals surface area contributed by atoms with Gasteiger partial charge in [0.1, 0.15) is 5.75 Å². The number of tetrazole rings is 1. The van der Waals surface area contributed by atoms with Crippen LogP contribution in [0, 0.1) is 0 Å². The van der Waals surface area contributed by atoms with E-state index >= 15 is 0 Å². The van der Waals surface area contributed by atoms with Crippen LogP contribution in [-0.4, -0.2) is 33.9 Å². The molecule has 2 heterocycles. The van der Waals surface area contributed by atoms with Crippen LogP contribution in [-0.2, 0) is 0 Å². The molecule has 0 bridgehead atoms. The minimum atomic E-state index is 0.177.